The standard InChI is InChI=1S/C12H17NO2/c1-12(2,3)8-6-11(15)9(13(4)5)7-10(8)14/h6-7H,1-5H3. The van der Waals surface area contributed by atoms with Crippen LogP contribution in [0.2, 0.25) is 0 Å². The van der Waals surface area contributed by atoms with Crippen molar-refractivity contribution in [1.29, 1.82) is 0 Å². The summed E-state index contributed by atoms with van der Waals surface area (Å²) in [5, 5.41) is 0. The molecule has 0 fully saturated rings. The van der Waals surface area contributed by atoms with E-state index < -0.39 is 0 Å². The number of rotatable bonds is 1. The van der Waals surface area contributed by atoms with Crippen LogP contribution < -0.4 is 0 Å². The lowest BCUT2D eigenvalue weighted by Crippen LogP contribution is -2.27. The number of carbonyl (C=O) groups is 2. The molecule has 3 heteroatoms. The van der Waals surface area contributed by atoms with Gasteiger partial charge in [-0.05, 0) is 11.5 Å². The maximum absolute atomic E-state index is 11.8. The van der Waals surface area contributed by atoms with Crippen LogP contribution in [0.4, 0.5) is 0 Å². The van der Waals surface area contributed by atoms with Gasteiger partial charge < -0.3 is 4.90 Å². The van der Waals surface area contributed by atoms with Gasteiger partial charge in [0.25, 0.3) is 0 Å². The second-order valence-electron chi connectivity index (χ2n) is 4.96. The first-order valence-corrected chi connectivity index (χ1v) is 4.93. The van der Waals surface area contributed by atoms with Gasteiger partial charge in [0.2, 0.25) is 5.78 Å². The highest BCUT2D eigenvalue weighted by atomic mass is 16.1. The number of ketones is 2. The van der Waals surface area contributed by atoms with Gasteiger partial charge in [0.1, 0.15) is 0 Å². The quantitative estimate of drug-likeness (QED) is 0.612. The molecule has 0 saturated carbocycles. The van der Waals surface area contributed by atoms with Crippen LogP contribution >= 0.6 is 0 Å². The molecule has 82 valence electrons. The molecule has 0 bridgehead atoms. The summed E-state index contributed by atoms with van der Waals surface area (Å²) in [6.45, 7) is 5.79. The Labute approximate surface area is 90.5 Å². The lowest BCUT2D eigenvalue weighted by atomic mass is 9.80. The Kier molecular flexibility index (Phi) is 2.84. The summed E-state index contributed by atoms with van der Waals surface area (Å²) in [7, 11) is 3.51. The average molecular weight is 207 g/mol. The van der Waals surface area contributed by atoms with Crippen LogP contribution in [-0.4, -0.2) is 30.6 Å². The molecule has 0 spiro atoms. The van der Waals surface area contributed by atoms with Crippen molar-refractivity contribution in [3.05, 3.63) is 23.4 Å². The van der Waals surface area contributed by atoms with Crippen molar-refractivity contribution in [2.24, 2.45) is 5.41 Å². The van der Waals surface area contributed by atoms with Crippen molar-refractivity contribution in [2.45, 2.75) is 20.8 Å². The molecular formula is C12H17NO2. The van der Waals surface area contributed by atoms with Gasteiger partial charge >= 0.3 is 0 Å². The van der Waals surface area contributed by atoms with Gasteiger partial charge in [-0.3, -0.25) is 9.59 Å². The van der Waals surface area contributed by atoms with Crippen LogP contribution in [0, 0.1) is 5.41 Å². The van der Waals surface area contributed by atoms with Crippen LogP contribution in [-0.2, 0) is 9.59 Å². The lowest BCUT2D eigenvalue weighted by molar-refractivity contribution is -0.116. The molecule has 0 aliphatic heterocycles. The molecular weight excluding hydrogens is 190 g/mol. The highest BCUT2D eigenvalue weighted by Crippen LogP contribution is 2.29. The third kappa shape index (κ3) is 2.35. The third-order valence-electron chi connectivity index (χ3n) is 2.35. The van der Waals surface area contributed by atoms with Crippen LogP contribution in [0.25, 0.3) is 0 Å². The fourth-order valence-electron chi connectivity index (χ4n) is 1.48. The third-order valence-corrected chi connectivity index (χ3v) is 2.35. The Morgan fingerprint density at radius 1 is 1.00 bits per heavy atom. The predicted molar refractivity (Wildman–Crippen MR) is 59.3 cm³/mol. The number of carbonyl (C=O) groups excluding carboxylic acids is 2. The van der Waals surface area contributed by atoms with Gasteiger partial charge in [-0.2, -0.15) is 0 Å². The van der Waals surface area contributed by atoms with E-state index in [0.29, 0.717) is 11.3 Å². The zero-order chi connectivity index (χ0) is 11.8. The van der Waals surface area contributed by atoms with Gasteiger partial charge in [0.15, 0.2) is 5.78 Å². The monoisotopic (exact) mass is 207 g/mol. The Bertz CT molecular complexity index is 368. The van der Waals surface area contributed by atoms with Gasteiger partial charge in [0.05, 0.1) is 5.70 Å². The van der Waals surface area contributed by atoms with Crippen LogP contribution in [0.1, 0.15) is 20.8 Å². The van der Waals surface area contributed by atoms with Crippen molar-refractivity contribution >= 4 is 11.6 Å². The fraction of sp³-hybridized carbons (Fsp3) is 0.500. The molecule has 1 aliphatic carbocycles. The maximum atomic E-state index is 11.8. The maximum Gasteiger partial charge on any atom is 0.202 e. The van der Waals surface area contributed by atoms with E-state index in [2.05, 4.69) is 0 Å². The van der Waals surface area contributed by atoms with Gasteiger partial charge in [-0.15, -0.1) is 0 Å². The van der Waals surface area contributed by atoms with Crippen LogP contribution in [0.3, 0.4) is 0 Å². The SMILES string of the molecule is CN(C)C1=CC(=O)C(C(C)(C)C)=CC1=O. The molecule has 1 rings (SSSR count). The highest BCUT2D eigenvalue weighted by Gasteiger charge is 2.28. The Morgan fingerprint density at radius 2 is 1.53 bits per heavy atom. The molecule has 0 aromatic rings. The zero-order valence-corrected chi connectivity index (χ0v) is 9.92. The summed E-state index contributed by atoms with van der Waals surface area (Å²) in [4.78, 5) is 25.1. The van der Waals surface area contributed by atoms with Crippen LogP contribution in [0.5, 0.6) is 0 Å². The first-order chi connectivity index (χ1) is 6.73. The predicted octanol–water partition coefficient (Wildman–Crippen LogP) is 1.56. The summed E-state index contributed by atoms with van der Waals surface area (Å²) in [5.74, 6) is -0.157. The van der Waals surface area contributed by atoms with Crippen molar-refractivity contribution in [1.82, 2.24) is 4.90 Å². The van der Waals surface area contributed by atoms with E-state index in [1.807, 2.05) is 20.8 Å². The second-order valence-corrected chi connectivity index (χ2v) is 4.96. The van der Waals surface area contributed by atoms with E-state index in [1.54, 1.807) is 19.0 Å². The Morgan fingerprint density at radius 3 is 1.93 bits per heavy atom. The largest absolute Gasteiger partial charge is 0.374 e. The molecule has 0 aromatic heterocycles. The number of hydrogen-bond donors (Lipinski definition) is 0. The van der Waals surface area contributed by atoms with E-state index in [9.17, 15) is 9.59 Å². The first-order valence-electron chi connectivity index (χ1n) is 4.93. The van der Waals surface area contributed by atoms with E-state index in [-0.39, 0.29) is 17.0 Å². The van der Waals surface area contributed by atoms with Crippen LogP contribution in [0.15, 0.2) is 23.4 Å². The van der Waals surface area contributed by atoms with E-state index in [1.165, 1.54) is 12.2 Å². The summed E-state index contributed by atoms with van der Waals surface area (Å²) < 4.78 is 0. The molecule has 1 aliphatic rings. The van der Waals surface area contributed by atoms with Crippen molar-refractivity contribution in [2.75, 3.05) is 14.1 Å². The van der Waals surface area contributed by atoms with E-state index in [0.717, 1.165) is 0 Å². The normalized spacial score (nSPS) is 17.4. The fourth-order valence-corrected chi connectivity index (χ4v) is 1.48. The number of likely N-dealkylation sites (N-methyl/N-ethyl adjacent to an activating group) is 1. The van der Waals surface area contributed by atoms with Gasteiger partial charge in [0, 0.05) is 25.7 Å². The zero-order valence-electron chi connectivity index (χ0n) is 9.92. The summed E-state index contributed by atoms with van der Waals surface area (Å²) in [6, 6.07) is 0. The Hall–Kier alpha value is -1.38. The smallest absolute Gasteiger partial charge is 0.202 e. The molecule has 0 heterocycles. The van der Waals surface area contributed by atoms with Gasteiger partial charge in [-0.1, -0.05) is 20.8 Å². The minimum Gasteiger partial charge on any atom is -0.374 e. The van der Waals surface area contributed by atoms with Crippen molar-refractivity contribution in [3.63, 3.8) is 0 Å². The summed E-state index contributed by atoms with van der Waals surface area (Å²) in [5.41, 5.74) is 0.757. The molecule has 0 radical (unpaired) electrons. The minimum atomic E-state index is -0.277. The van der Waals surface area contributed by atoms with Crippen molar-refractivity contribution in [3.8, 4) is 0 Å². The molecule has 0 saturated heterocycles. The molecule has 3 nitrogen and oxygen atoms in total. The number of hydrogen-bond acceptors (Lipinski definition) is 3. The van der Waals surface area contributed by atoms with Crippen molar-refractivity contribution < 1.29 is 9.59 Å². The minimum absolute atomic E-state index is 0.0641. The molecule has 0 N–H and O–H groups in total. The first kappa shape index (κ1) is 11.7. The Balaban J connectivity index is 3.10. The topological polar surface area (TPSA) is 37.4 Å². The lowest BCUT2D eigenvalue weighted by Gasteiger charge is -2.25. The second kappa shape index (κ2) is 3.65. The summed E-state index contributed by atoms with van der Waals surface area (Å²) >= 11 is 0. The average Bonchev–Trinajstić information content (AvgIpc) is 2.06. The number of allylic oxidation sites excluding steroid dienone is 3. The highest BCUT2D eigenvalue weighted by molar-refractivity contribution is 6.20. The molecule has 0 atom stereocenters. The molecule has 0 unspecified atom stereocenters. The summed E-state index contributed by atoms with van der Waals surface area (Å²) in [6.07, 6.45) is 2.88. The molecule has 15 heavy (non-hydrogen) atoms. The number of nitrogens with zero attached hydrogens (tertiary/aromatic N) is 1. The van der Waals surface area contributed by atoms with E-state index >= 15 is 0 Å². The van der Waals surface area contributed by atoms with Gasteiger partial charge in [-0.25, -0.2) is 0 Å². The molecule has 0 aromatic carbocycles. The van der Waals surface area contributed by atoms with E-state index in [4.69, 9.17) is 0 Å². The molecule has 0 amide bonds.